The normalized spacial score (nSPS) is 12.4. The predicted octanol–water partition coefficient (Wildman–Crippen LogP) is 2.64. The van der Waals surface area contributed by atoms with Crippen LogP contribution in [0.2, 0.25) is 0 Å². The Morgan fingerprint density at radius 3 is 2.61 bits per heavy atom. The molecule has 1 rings (SSSR count). The van der Waals surface area contributed by atoms with E-state index in [1.54, 1.807) is 0 Å². The number of hydrogen-bond acceptors (Lipinski definition) is 3. The molecule has 0 saturated carbocycles. The van der Waals surface area contributed by atoms with Crippen LogP contribution in [0.1, 0.15) is 19.3 Å². The molecule has 0 radical (unpaired) electrons. The van der Waals surface area contributed by atoms with E-state index in [4.69, 9.17) is 10.8 Å². The highest BCUT2D eigenvalue weighted by Crippen LogP contribution is 2.28. The van der Waals surface area contributed by atoms with Crippen LogP contribution < -0.4 is 5.73 Å². The van der Waals surface area contributed by atoms with Gasteiger partial charge in [0.2, 0.25) is 0 Å². The Balaban J connectivity index is 2.64. The van der Waals surface area contributed by atoms with E-state index in [-0.39, 0.29) is 0 Å². The quantitative estimate of drug-likeness (QED) is 0.593. The van der Waals surface area contributed by atoms with Crippen molar-refractivity contribution in [2.45, 2.75) is 29.4 Å². The zero-order chi connectivity index (χ0) is 13.5. The molecule has 1 atom stereocenters. The summed E-state index contributed by atoms with van der Waals surface area (Å²) in [5.74, 6) is -2.86. The lowest BCUT2D eigenvalue weighted by atomic mass is 10.2. The average molecular weight is 275 g/mol. The maximum absolute atomic E-state index is 13.0. The van der Waals surface area contributed by atoms with Crippen molar-refractivity contribution in [2.75, 3.05) is 6.54 Å². The minimum absolute atomic E-state index is 0.411. The van der Waals surface area contributed by atoms with Gasteiger partial charge >= 0.3 is 5.97 Å². The van der Waals surface area contributed by atoms with Crippen LogP contribution in [0, 0.1) is 11.6 Å². The number of thioether (sulfide) groups is 1. The largest absolute Gasteiger partial charge is 0.480 e. The summed E-state index contributed by atoms with van der Waals surface area (Å²) < 4.78 is 25.7. The number of carbonyl (C=O) groups is 1. The third-order valence-corrected chi connectivity index (χ3v) is 3.61. The van der Waals surface area contributed by atoms with E-state index in [9.17, 15) is 13.6 Å². The predicted molar refractivity (Wildman–Crippen MR) is 66.5 cm³/mol. The lowest BCUT2D eigenvalue weighted by Gasteiger charge is -2.11. The molecule has 3 N–H and O–H groups in total. The Labute approximate surface area is 108 Å². The Kier molecular flexibility index (Phi) is 6.07. The molecular weight excluding hydrogens is 260 g/mol. The zero-order valence-electron chi connectivity index (χ0n) is 9.73. The molecule has 0 spiro atoms. The first kappa shape index (κ1) is 14.9. The van der Waals surface area contributed by atoms with Gasteiger partial charge in [0.05, 0.1) is 0 Å². The summed E-state index contributed by atoms with van der Waals surface area (Å²) in [6.07, 6.45) is 1.91. The number of halogens is 2. The molecule has 100 valence electrons. The van der Waals surface area contributed by atoms with Gasteiger partial charge in [0.15, 0.2) is 11.6 Å². The van der Waals surface area contributed by atoms with E-state index in [1.165, 1.54) is 6.07 Å². The lowest BCUT2D eigenvalue weighted by Crippen LogP contribution is -2.16. The molecule has 0 amide bonds. The van der Waals surface area contributed by atoms with E-state index < -0.39 is 22.9 Å². The number of benzene rings is 1. The molecule has 18 heavy (non-hydrogen) atoms. The second-order valence-electron chi connectivity index (χ2n) is 3.81. The summed E-state index contributed by atoms with van der Waals surface area (Å²) in [6, 6.07) is 3.39. The molecule has 1 unspecified atom stereocenters. The molecule has 1 aromatic rings. The molecule has 3 nitrogen and oxygen atoms in total. The van der Waals surface area contributed by atoms with Gasteiger partial charge in [0.1, 0.15) is 5.25 Å². The highest BCUT2D eigenvalue weighted by molar-refractivity contribution is 8.00. The summed E-state index contributed by atoms with van der Waals surface area (Å²) in [5, 5.41) is 8.37. The maximum atomic E-state index is 13.0. The Bertz CT molecular complexity index is 415. The molecule has 0 aliphatic carbocycles. The van der Waals surface area contributed by atoms with Gasteiger partial charge < -0.3 is 10.8 Å². The first-order chi connectivity index (χ1) is 8.54. The minimum Gasteiger partial charge on any atom is -0.480 e. The number of unbranched alkanes of at least 4 members (excludes halogenated alkanes) is 1. The topological polar surface area (TPSA) is 63.3 Å². The molecule has 0 aromatic heterocycles. The number of hydrogen-bond donors (Lipinski definition) is 2. The Hall–Kier alpha value is -1.14. The monoisotopic (exact) mass is 275 g/mol. The van der Waals surface area contributed by atoms with Gasteiger partial charge in [-0.25, -0.2) is 8.78 Å². The second kappa shape index (κ2) is 7.33. The van der Waals surface area contributed by atoms with Gasteiger partial charge in [0, 0.05) is 4.90 Å². The minimum atomic E-state index is -0.967. The number of carboxylic acids is 1. The Morgan fingerprint density at radius 2 is 2.06 bits per heavy atom. The van der Waals surface area contributed by atoms with Crippen molar-refractivity contribution in [3.05, 3.63) is 29.8 Å². The van der Waals surface area contributed by atoms with Gasteiger partial charge in [-0.3, -0.25) is 4.79 Å². The van der Waals surface area contributed by atoms with Gasteiger partial charge in [-0.15, -0.1) is 11.8 Å². The molecule has 0 heterocycles. The van der Waals surface area contributed by atoms with Crippen molar-refractivity contribution >= 4 is 17.7 Å². The molecule has 0 aliphatic rings. The fourth-order valence-corrected chi connectivity index (χ4v) is 2.45. The van der Waals surface area contributed by atoms with E-state index in [1.807, 2.05) is 0 Å². The molecule has 0 saturated heterocycles. The van der Waals surface area contributed by atoms with Crippen LogP contribution in [0.3, 0.4) is 0 Å². The van der Waals surface area contributed by atoms with Gasteiger partial charge in [-0.05, 0) is 37.6 Å². The standard InChI is InChI=1S/C12H15F2NO2S/c13-9-5-4-8(7-10(9)14)18-11(12(16)17)3-1-2-6-15/h4-5,7,11H,1-3,6,15H2,(H,16,17). The van der Waals surface area contributed by atoms with Gasteiger partial charge in [0.25, 0.3) is 0 Å². The summed E-state index contributed by atoms with van der Waals surface area (Å²) in [7, 11) is 0. The summed E-state index contributed by atoms with van der Waals surface area (Å²) in [6.45, 7) is 0.516. The fourth-order valence-electron chi connectivity index (χ4n) is 1.42. The van der Waals surface area contributed by atoms with Crippen molar-refractivity contribution < 1.29 is 18.7 Å². The van der Waals surface area contributed by atoms with E-state index in [0.717, 1.165) is 30.3 Å². The van der Waals surface area contributed by atoms with Gasteiger partial charge in [-0.2, -0.15) is 0 Å². The third kappa shape index (κ3) is 4.62. The highest BCUT2D eigenvalue weighted by atomic mass is 32.2. The van der Waals surface area contributed by atoms with Crippen LogP contribution in [-0.4, -0.2) is 22.9 Å². The van der Waals surface area contributed by atoms with E-state index in [2.05, 4.69) is 0 Å². The number of aliphatic carboxylic acids is 1. The first-order valence-electron chi connectivity index (χ1n) is 5.59. The Morgan fingerprint density at radius 1 is 1.33 bits per heavy atom. The average Bonchev–Trinajstić information content (AvgIpc) is 2.32. The van der Waals surface area contributed by atoms with E-state index in [0.29, 0.717) is 24.3 Å². The SMILES string of the molecule is NCCCCC(Sc1ccc(F)c(F)c1)C(=O)O. The van der Waals surface area contributed by atoms with Crippen molar-refractivity contribution in [3.8, 4) is 0 Å². The van der Waals surface area contributed by atoms with Crippen molar-refractivity contribution in [1.82, 2.24) is 0 Å². The first-order valence-corrected chi connectivity index (χ1v) is 6.47. The van der Waals surface area contributed by atoms with Crippen molar-refractivity contribution in [3.63, 3.8) is 0 Å². The maximum Gasteiger partial charge on any atom is 0.316 e. The number of nitrogens with two attached hydrogens (primary N) is 1. The zero-order valence-corrected chi connectivity index (χ0v) is 10.6. The van der Waals surface area contributed by atoms with E-state index >= 15 is 0 Å². The fraction of sp³-hybridized carbons (Fsp3) is 0.417. The molecule has 1 aromatic carbocycles. The van der Waals surface area contributed by atoms with Gasteiger partial charge in [-0.1, -0.05) is 6.42 Å². The van der Waals surface area contributed by atoms with Crippen LogP contribution in [0.4, 0.5) is 8.78 Å². The summed E-state index contributed by atoms with van der Waals surface area (Å²) >= 11 is 1.02. The lowest BCUT2D eigenvalue weighted by molar-refractivity contribution is -0.136. The highest BCUT2D eigenvalue weighted by Gasteiger charge is 2.19. The van der Waals surface area contributed by atoms with Crippen LogP contribution in [0.5, 0.6) is 0 Å². The van der Waals surface area contributed by atoms with Crippen LogP contribution >= 0.6 is 11.8 Å². The molecule has 0 bridgehead atoms. The van der Waals surface area contributed by atoms with Crippen LogP contribution in [0.15, 0.2) is 23.1 Å². The number of carboxylic acid groups (broad SMARTS) is 1. The van der Waals surface area contributed by atoms with Crippen LogP contribution in [0.25, 0.3) is 0 Å². The second-order valence-corrected chi connectivity index (χ2v) is 5.08. The molecular formula is C12H15F2NO2S. The van der Waals surface area contributed by atoms with Crippen molar-refractivity contribution in [1.29, 1.82) is 0 Å². The van der Waals surface area contributed by atoms with Crippen LogP contribution in [-0.2, 0) is 4.79 Å². The summed E-state index contributed by atoms with van der Waals surface area (Å²) in [4.78, 5) is 11.4. The molecule has 0 aliphatic heterocycles. The number of rotatable bonds is 7. The third-order valence-electron chi connectivity index (χ3n) is 2.37. The molecule has 0 fully saturated rings. The van der Waals surface area contributed by atoms with Crippen molar-refractivity contribution in [2.24, 2.45) is 5.73 Å². The summed E-state index contributed by atoms with van der Waals surface area (Å²) in [5.41, 5.74) is 5.33. The molecule has 6 heteroatoms. The smallest absolute Gasteiger partial charge is 0.316 e.